The van der Waals surface area contributed by atoms with Crippen molar-refractivity contribution in [2.24, 2.45) is 0 Å². The Morgan fingerprint density at radius 2 is 1.70 bits per heavy atom. The van der Waals surface area contributed by atoms with Crippen molar-refractivity contribution in [3.05, 3.63) is 63.1 Å². The third kappa shape index (κ3) is 6.15. The van der Waals surface area contributed by atoms with Gasteiger partial charge in [0, 0.05) is 18.1 Å². The summed E-state index contributed by atoms with van der Waals surface area (Å²) in [6.07, 6.45) is 0. The largest absolute Gasteiger partial charge is 0.337 e. The van der Waals surface area contributed by atoms with E-state index in [1.54, 1.807) is 11.8 Å². The van der Waals surface area contributed by atoms with Crippen molar-refractivity contribution in [1.29, 1.82) is 0 Å². The van der Waals surface area contributed by atoms with E-state index < -0.39 is 0 Å². The molecule has 2 N–H and O–H groups in total. The number of benzene rings is 2. The van der Waals surface area contributed by atoms with Crippen LogP contribution in [0.5, 0.6) is 0 Å². The minimum atomic E-state index is -0.328. The van der Waals surface area contributed by atoms with Crippen molar-refractivity contribution < 1.29 is 4.79 Å². The summed E-state index contributed by atoms with van der Waals surface area (Å²) in [4.78, 5) is 11.8. The van der Waals surface area contributed by atoms with E-state index in [9.17, 15) is 4.79 Å². The highest BCUT2D eigenvalue weighted by atomic mass is 35.5. The quantitative estimate of drug-likeness (QED) is 0.491. The van der Waals surface area contributed by atoms with E-state index in [4.69, 9.17) is 34.8 Å². The molecule has 0 aromatic heterocycles. The van der Waals surface area contributed by atoms with Gasteiger partial charge >= 0.3 is 6.03 Å². The Labute approximate surface area is 154 Å². The lowest BCUT2D eigenvalue weighted by Gasteiger charge is -2.10. The van der Waals surface area contributed by atoms with Crippen LogP contribution in [-0.4, -0.2) is 18.3 Å². The number of thioether (sulfide) groups is 1. The topological polar surface area (TPSA) is 41.1 Å². The van der Waals surface area contributed by atoms with Gasteiger partial charge in [-0.2, -0.15) is 11.8 Å². The summed E-state index contributed by atoms with van der Waals surface area (Å²) in [6, 6.07) is 12.9. The number of carbonyl (C=O) groups excluding carboxylic acids is 1. The number of nitrogens with one attached hydrogen (secondary N) is 2. The predicted molar refractivity (Wildman–Crippen MR) is 101 cm³/mol. The number of hydrogen-bond acceptors (Lipinski definition) is 2. The van der Waals surface area contributed by atoms with E-state index >= 15 is 0 Å². The summed E-state index contributed by atoms with van der Waals surface area (Å²) in [5, 5.41) is 6.45. The first-order valence-electron chi connectivity index (χ1n) is 6.87. The molecule has 122 valence electrons. The molecule has 2 amide bonds. The summed E-state index contributed by atoms with van der Waals surface area (Å²) in [5.74, 6) is 1.74. The van der Waals surface area contributed by atoms with Crippen molar-refractivity contribution in [1.82, 2.24) is 5.32 Å². The first-order valence-corrected chi connectivity index (χ1v) is 9.16. The van der Waals surface area contributed by atoms with Crippen molar-refractivity contribution in [2.45, 2.75) is 5.75 Å². The van der Waals surface area contributed by atoms with Crippen LogP contribution in [0, 0.1) is 0 Å². The summed E-state index contributed by atoms with van der Waals surface area (Å²) < 4.78 is 0. The predicted octanol–water partition coefficient (Wildman–Crippen LogP) is 5.70. The lowest BCUT2D eigenvalue weighted by atomic mass is 10.2. The molecule has 7 heteroatoms. The Hall–Kier alpha value is -1.07. The number of halogens is 3. The number of carbonyl (C=O) groups is 1. The fourth-order valence-corrected chi connectivity index (χ4v) is 3.20. The molecule has 0 atom stereocenters. The van der Waals surface area contributed by atoms with Crippen LogP contribution >= 0.6 is 46.6 Å². The molecule has 2 aromatic rings. The molecule has 0 aliphatic rings. The van der Waals surface area contributed by atoms with E-state index in [0.29, 0.717) is 27.3 Å². The zero-order valence-electron chi connectivity index (χ0n) is 12.1. The SMILES string of the molecule is O=C(NCCSCc1ccccc1)Nc1cc(Cl)c(Cl)cc1Cl. The van der Waals surface area contributed by atoms with Crippen LogP contribution in [0.4, 0.5) is 10.5 Å². The maximum atomic E-state index is 11.8. The zero-order valence-corrected chi connectivity index (χ0v) is 15.2. The molecule has 0 saturated heterocycles. The summed E-state index contributed by atoms with van der Waals surface area (Å²) in [6.45, 7) is 0.558. The highest BCUT2D eigenvalue weighted by Gasteiger charge is 2.08. The molecular weight excluding hydrogens is 375 g/mol. The molecule has 0 heterocycles. The van der Waals surface area contributed by atoms with Gasteiger partial charge in [-0.1, -0.05) is 65.1 Å². The van der Waals surface area contributed by atoms with Crippen LogP contribution in [-0.2, 0) is 5.75 Å². The van der Waals surface area contributed by atoms with Gasteiger partial charge in [0.05, 0.1) is 20.8 Å². The second-order valence-corrected chi connectivity index (χ2v) is 6.99. The Kier molecular flexibility index (Phi) is 7.37. The molecule has 0 radical (unpaired) electrons. The number of urea groups is 1. The smallest absolute Gasteiger partial charge is 0.319 e. The Bertz CT molecular complexity index is 668. The Morgan fingerprint density at radius 3 is 2.43 bits per heavy atom. The molecule has 0 fully saturated rings. The van der Waals surface area contributed by atoms with Crippen LogP contribution < -0.4 is 10.6 Å². The van der Waals surface area contributed by atoms with E-state index in [2.05, 4.69) is 22.8 Å². The molecule has 23 heavy (non-hydrogen) atoms. The molecule has 0 spiro atoms. The highest BCUT2D eigenvalue weighted by Crippen LogP contribution is 2.32. The first-order chi connectivity index (χ1) is 11.1. The lowest BCUT2D eigenvalue weighted by Crippen LogP contribution is -2.30. The van der Waals surface area contributed by atoms with Crippen molar-refractivity contribution in [3.8, 4) is 0 Å². The average Bonchev–Trinajstić information content (AvgIpc) is 2.53. The standard InChI is InChI=1S/C16H15Cl3N2OS/c17-12-8-14(19)15(9-13(12)18)21-16(22)20-6-7-23-10-11-4-2-1-3-5-11/h1-5,8-9H,6-7,10H2,(H2,20,21,22). The Morgan fingerprint density at radius 1 is 1.00 bits per heavy atom. The molecule has 2 rings (SSSR count). The normalized spacial score (nSPS) is 10.4. The fourth-order valence-electron chi connectivity index (χ4n) is 1.79. The molecule has 2 aromatic carbocycles. The number of amides is 2. The third-order valence-corrected chi connectivity index (χ3v) is 4.97. The van der Waals surface area contributed by atoms with Gasteiger partial charge in [-0.25, -0.2) is 4.79 Å². The minimum Gasteiger partial charge on any atom is -0.337 e. The zero-order chi connectivity index (χ0) is 16.7. The van der Waals surface area contributed by atoms with E-state index in [-0.39, 0.29) is 6.03 Å². The molecule has 0 bridgehead atoms. The maximum Gasteiger partial charge on any atom is 0.319 e. The van der Waals surface area contributed by atoms with Crippen LogP contribution in [0.3, 0.4) is 0 Å². The monoisotopic (exact) mass is 388 g/mol. The van der Waals surface area contributed by atoms with E-state index in [0.717, 1.165) is 11.5 Å². The number of rotatable bonds is 6. The van der Waals surface area contributed by atoms with Crippen LogP contribution in [0.15, 0.2) is 42.5 Å². The van der Waals surface area contributed by atoms with Gasteiger partial charge in [-0.05, 0) is 17.7 Å². The molecule has 0 saturated carbocycles. The summed E-state index contributed by atoms with van der Waals surface area (Å²) >= 11 is 19.5. The van der Waals surface area contributed by atoms with Gasteiger partial charge in [-0.15, -0.1) is 0 Å². The van der Waals surface area contributed by atoms with Gasteiger partial charge < -0.3 is 10.6 Å². The van der Waals surface area contributed by atoms with Crippen LogP contribution in [0.2, 0.25) is 15.1 Å². The van der Waals surface area contributed by atoms with E-state index in [1.807, 2.05) is 18.2 Å². The van der Waals surface area contributed by atoms with Crippen LogP contribution in [0.1, 0.15) is 5.56 Å². The minimum absolute atomic E-state index is 0.328. The van der Waals surface area contributed by atoms with Gasteiger partial charge in [-0.3, -0.25) is 0 Å². The molecule has 0 unspecified atom stereocenters. The molecule has 0 aliphatic carbocycles. The van der Waals surface area contributed by atoms with Gasteiger partial charge in [0.2, 0.25) is 0 Å². The maximum absolute atomic E-state index is 11.8. The summed E-state index contributed by atoms with van der Waals surface area (Å²) in [7, 11) is 0. The molecule has 0 aliphatic heterocycles. The number of hydrogen-bond donors (Lipinski definition) is 2. The van der Waals surface area contributed by atoms with E-state index in [1.165, 1.54) is 17.7 Å². The third-order valence-electron chi connectivity index (χ3n) is 2.90. The fraction of sp³-hybridized carbons (Fsp3) is 0.188. The summed E-state index contributed by atoms with van der Waals surface area (Å²) in [5.41, 5.74) is 1.69. The second kappa shape index (κ2) is 9.28. The van der Waals surface area contributed by atoms with Crippen molar-refractivity contribution in [3.63, 3.8) is 0 Å². The van der Waals surface area contributed by atoms with Crippen LogP contribution in [0.25, 0.3) is 0 Å². The lowest BCUT2D eigenvalue weighted by molar-refractivity contribution is 0.252. The molecule has 3 nitrogen and oxygen atoms in total. The van der Waals surface area contributed by atoms with Gasteiger partial charge in [0.25, 0.3) is 0 Å². The Balaban J connectivity index is 1.70. The first kappa shape index (κ1) is 18.3. The van der Waals surface area contributed by atoms with Crippen molar-refractivity contribution >= 4 is 58.3 Å². The second-order valence-electron chi connectivity index (χ2n) is 4.67. The molecular formula is C16H15Cl3N2OS. The van der Waals surface area contributed by atoms with Crippen molar-refractivity contribution in [2.75, 3.05) is 17.6 Å². The van der Waals surface area contributed by atoms with Gasteiger partial charge in [0.15, 0.2) is 0 Å². The average molecular weight is 390 g/mol. The number of anilines is 1. The van der Waals surface area contributed by atoms with Gasteiger partial charge in [0.1, 0.15) is 0 Å². The highest BCUT2D eigenvalue weighted by molar-refractivity contribution is 7.98.